The van der Waals surface area contributed by atoms with Gasteiger partial charge >= 0.3 is 0 Å². The van der Waals surface area contributed by atoms with Crippen molar-refractivity contribution in [2.24, 2.45) is 0 Å². The number of fused-ring (bicyclic) bond motifs is 1. The van der Waals surface area contributed by atoms with Crippen LogP contribution in [0.2, 0.25) is 0 Å². The Kier molecular flexibility index (Phi) is 4.94. The van der Waals surface area contributed by atoms with Crippen LogP contribution >= 0.6 is 11.3 Å². The molecule has 0 saturated heterocycles. The molecule has 2 aromatic carbocycles. The Balaban J connectivity index is 1.50. The zero-order chi connectivity index (χ0) is 18.6. The molecule has 134 valence electrons. The van der Waals surface area contributed by atoms with Gasteiger partial charge in [-0.1, -0.05) is 61.9 Å². The molecule has 0 atom stereocenters. The molecular formula is C22H19N3OS. The average Bonchev–Trinajstić information content (AvgIpc) is 3.17. The predicted octanol–water partition coefficient (Wildman–Crippen LogP) is 5.56. The summed E-state index contributed by atoms with van der Waals surface area (Å²) < 4.78 is 0. The van der Waals surface area contributed by atoms with E-state index >= 15 is 0 Å². The van der Waals surface area contributed by atoms with Crippen LogP contribution in [0.15, 0.2) is 66.0 Å². The summed E-state index contributed by atoms with van der Waals surface area (Å²) in [4.78, 5) is 21.5. The summed E-state index contributed by atoms with van der Waals surface area (Å²) in [6, 6.07) is 19.8. The monoisotopic (exact) mass is 373 g/mol. The number of nitrogens with zero attached hydrogens (tertiary/aromatic N) is 2. The summed E-state index contributed by atoms with van der Waals surface area (Å²) in [5.41, 5.74) is 4.43. The summed E-state index contributed by atoms with van der Waals surface area (Å²) >= 11 is 1.41. The van der Waals surface area contributed by atoms with Gasteiger partial charge in [-0.15, -0.1) is 11.3 Å². The SMILES string of the molecule is CCCc1ccc(-c2csc(NC(=O)c3ccc4ccccc4n3)n2)cc1. The number of carbonyl (C=O) groups excluding carboxylic acids is 1. The topological polar surface area (TPSA) is 54.9 Å². The van der Waals surface area contributed by atoms with E-state index in [0.717, 1.165) is 35.0 Å². The van der Waals surface area contributed by atoms with E-state index in [0.29, 0.717) is 10.8 Å². The number of nitrogens with one attached hydrogen (secondary N) is 1. The van der Waals surface area contributed by atoms with Crippen molar-refractivity contribution in [3.8, 4) is 11.3 Å². The molecule has 0 aliphatic carbocycles. The van der Waals surface area contributed by atoms with Crippen molar-refractivity contribution < 1.29 is 4.79 Å². The van der Waals surface area contributed by atoms with Crippen LogP contribution in [0.4, 0.5) is 5.13 Å². The Morgan fingerprint density at radius 1 is 1.00 bits per heavy atom. The van der Waals surface area contributed by atoms with Crippen LogP contribution in [0.5, 0.6) is 0 Å². The average molecular weight is 373 g/mol. The third-order valence-electron chi connectivity index (χ3n) is 4.34. The van der Waals surface area contributed by atoms with E-state index in [1.807, 2.05) is 35.7 Å². The number of carbonyl (C=O) groups is 1. The molecule has 4 rings (SSSR count). The van der Waals surface area contributed by atoms with Crippen molar-refractivity contribution in [3.63, 3.8) is 0 Å². The van der Waals surface area contributed by atoms with Crippen LogP contribution in [0.1, 0.15) is 29.4 Å². The number of amides is 1. The number of rotatable bonds is 5. The number of aryl methyl sites for hydroxylation is 1. The maximum atomic E-state index is 12.5. The van der Waals surface area contributed by atoms with Gasteiger partial charge in [-0.25, -0.2) is 9.97 Å². The molecule has 4 nitrogen and oxygen atoms in total. The summed E-state index contributed by atoms with van der Waals surface area (Å²) in [5.74, 6) is -0.250. The molecule has 0 saturated carbocycles. The van der Waals surface area contributed by atoms with Crippen molar-refractivity contribution in [2.45, 2.75) is 19.8 Å². The lowest BCUT2D eigenvalue weighted by Gasteiger charge is -2.03. The smallest absolute Gasteiger partial charge is 0.276 e. The van der Waals surface area contributed by atoms with Crippen molar-refractivity contribution in [1.29, 1.82) is 0 Å². The van der Waals surface area contributed by atoms with E-state index in [-0.39, 0.29) is 5.91 Å². The van der Waals surface area contributed by atoms with Gasteiger partial charge in [0.1, 0.15) is 5.69 Å². The number of thiazole rings is 1. The second-order valence-corrected chi connectivity index (χ2v) is 7.19. The Morgan fingerprint density at radius 3 is 2.63 bits per heavy atom. The largest absolute Gasteiger partial charge is 0.296 e. The Bertz CT molecular complexity index is 1090. The number of aromatic nitrogens is 2. The third kappa shape index (κ3) is 3.88. The normalized spacial score (nSPS) is 10.9. The van der Waals surface area contributed by atoms with Crippen molar-refractivity contribution in [3.05, 3.63) is 77.3 Å². The molecule has 5 heteroatoms. The lowest BCUT2D eigenvalue weighted by atomic mass is 10.1. The van der Waals surface area contributed by atoms with Crippen LogP contribution in [-0.2, 0) is 6.42 Å². The predicted molar refractivity (Wildman–Crippen MR) is 111 cm³/mol. The van der Waals surface area contributed by atoms with Gasteiger partial charge in [0.05, 0.1) is 11.2 Å². The molecule has 0 radical (unpaired) electrons. The molecule has 2 aromatic heterocycles. The van der Waals surface area contributed by atoms with E-state index in [9.17, 15) is 4.79 Å². The van der Waals surface area contributed by atoms with Crippen LogP contribution in [0.25, 0.3) is 22.2 Å². The maximum Gasteiger partial charge on any atom is 0.276 e. The Labute approximate surface area is 161 Å². The van der Waals surface area contributed by atoms with Gasteiger partial charge in [-0.05, 0) is 24.1 Å². The molecule has 0 aliphatic heterocycles. The molecule has 0 aliphatic rings. The second-order valence-electron chi connectivity index (χ2n) is 6.33. The minimum absolute atomic E-state index is 0.250. The van der Waals surface area contributed by atoms with Crippen molar-refractivity contribution in [2.75, 3.05) is 5.32 Å². The van der Waals surface area contributed by atoms with Gasteiger partial charge in [0.25, 0.3) is 5.91 Å². The summed E-state index contributed by atoms with van der Waals surface area (Å²) in [7, 11) is 0. The van der Waals surface area contributed by atoms with E-state index in [4.69, 9.17) is 0 Å². The first-order valence-electron chi connectivity index (χ1n) is 8.95. The molecule has 4 aromatic rings. The van der Waals surface area contributed by atoms with Gasteiger partial charge in [0, 0.05) is 16.3 Å². The first kappa shape index (κ1) is 17.4. The molecule has 0 fully saturated rings. The highest BCUT2D eigenvalue weighted by molar-refractivity contribution is 7.14. The fraction of sp³-hybridized carbons (Fsp3) is 0.136. The number of para-hydroxylation sites is 1. The minimum Gasteiger partial charge on any atom is -0.296 e. The number of hydrogen-bond donors (Lipinski definition) is 1. The summed E-state index contributed by atoms with van der Waals surface area (Å²) in [6.07, 6.45) is 2.21. The summed E-state index contributed by atoms with van der Waals surface area (Å²) in [6.45, 7) is 2.17. The fourth-order valence-corrected chi connectivity index (χ4v) is 3.66. The van der Waals surface area contributed by atoms with Crippen molar-refractivity contribution in [1.82, 2.24) is 9.97 Å². The number of pyridine rings is 1. The minimum atomic E-state index is -0.250. The van der Waals surface area contributed by atoms with Crippen LogP contribution < -0.4 is 5.32 Å². The lowest BCUT2D eigenvalue weighted by molar-refractivity contribution is 0.102. The van der Waals surface area contributed by atoms with Crippen LogP contribution in [0.3, 0.4) is 0 Å². The third-order valence-corrected chi connectivity index (χ3v) is 5.10. The molecular weight excluding hydrogens is 354 g/mol. The first-order valence-corrected chi connectivity index (χ1v) is 9.83. The Hall–Kier alpha value is -3.05. The fourth-order valence-electron chi connectivity index (χ4n) is 2.95. The van der Waals surface area contributed by atoms with Crippen LogP contribution in [-0.4, -0.2) is 15.9 Å². The number of anilines is 1. The highest BCUT2D eigenvalue weighted by atomic mass is 32.1. The zero-order valence-corrected chi connectivity index (χ0v) is 15.8. The van der Waals surface area contributed by atoms with Gasteiger partial charge in [-0.3, -0.25) is 10.1 Å². The van der Waals surface area contributed by atoms with Gasteiger partial charge < -0.3 is 0 Å². The molecule has 1 amide bonds. The van der Waals surface area contributed by atoms with Crippen molar-refractivity contribution >= 4 is 33.3 Å². The van der Waals surface area contributed by atoms with Crippen LogP contribution in [0, 0.1) is 0 Å². The molecule has 1 N–H and O–H groups in total. The molecule has 0 spiro atoms. The van der Waals surface area contributed by atoms with Gasteiger partial charge in [0.15, 0.2) is 5.13 Å². The molecule has 0 bridgehead atoms. The second kappa shape index (κ2) is 7.68. The standard InChI is InChI=1S/C22H19N3OS/c1-2-5-15-8-10-17(11-9-15)20-14-27-22(24-20)25-21(26)19-13-12-16-6-3-4-7-18(16)23-19/h3-4,6-14H,2,5H2,1H3,(H,24,25,26). The lowest BCUT2D eigenvalue weighted by Crippen LogP contribution is -2.13. The highest BCUT2D eigenvalue weighted by Gasteiger charge is 2.12. The summed E-state index contributed by atoms with van der Waals surface area (Å²) in [5, 5.41) is 6.39. The van der Waals surface area contributed by atoms with Gasteiger partial charge in [-0.2, -0.15) is 0 Å². The zero-order valence-electron chi connectivity index (χ0n) is 15.0. The number of benzene rings is 2. The molecule has 0 unspecified atom stereocenters. The highest BCUT2D eigenvalue weighted by Crippen LogP contribution is 2.26. The molecule has 27 heavy (non-hydrogen) atoms. The van der Waals surface area contributed by atoms with E-state index in [2.05, 4.69) is 46.5 Å². The van der Waals surface area contributed by atoms with E-state index in [1.165, 1.54) is 16.9 Å². The quantitative estimate of drug-likeness (QED) is 0.498. The maximum absolute atomic E-state index is 12.5. The van der Waals surface area contributed by atoms with E-state index < -0.39 is 0 Å². The number of hydrogen-bond acceptors (Lipinski definition) is 4. The Morgan fingerprint density at radius 2 is 1.81 bits per heavy atom. The first-order chi connectivity index (χ1) is 13.2. The van der Waals surface area contributed by atoms with E-state index in [1.54, 1.807) is 6.07 Å². The molecule has 2 heterocycles. The van der Waals surface area contributed by atoms with Gasteiger partial charge in [0.2, 0.25) is 0 Å².